The fourth-order valence-electron chi connectivity index (χ4n) is 4.15. The van der Waals surface area contributed by atoms with Gasteiger partial charge in [0, 0.05) is 42.0 Å². The monoisotopic (exact) mass is 515 g/mol. The van der Waals surface area contributed by atoms with Gasteiger partial charge in [0.1, 0.15) is 0 Å². The number of rotatable bonds is 11. The topological polar surface area (TPSA) is 122 Å². The lowest BCUT2D eigenvalue weighted by molar-refractivity contribution is -0.186. The normalized spacial score (nSPS) is 21.3. The van der Waals surface area contributed by atoms with Crippen molar-refractivity contribution in [2.24, 2.45) is 15.7 Å². The molecule has 1 aliphatic carbocycles. The Labute approximate surface area is 217 Å². The molecule has 1 aromatic rings. The Hall–Kier alpha value is -2.41. The minimum atomic E-state index is -2.51. The number of aliphatic imine (C=N–C) groups is 2. The average Bonchev–Trinajstić information content (AvgIpc) is 3.44. The quantitative estimate of drug-likeness (QED) is 0.150. The van der Waals surface area contributed by atoms with Crippen LogP contribution >= 0.6 is 11.9 Å². The van der Waals surface area contributed by atoms with Gasteiger partial charge in [-0.15, -0.1) is 0 Å². The van der Waals surface area contributed by atoms with Crippen molar-refractivity contribution in [2.45, 2.75) is 42.2 Å². The molecule has 0 radical (unpaired) electrons. The molecule has 0 saturated heterocycles. The summed E-state index contributed by atoms with van der Waals surface area (Å²) in [5, 5.41) is 22.7. The molecule has 1 saturated carbocycles. The van der Waals surface area contributed by atoms with Crippen molar-refractivity contribution in [3.63, 3.8) is 0 Å². The number of likely N-dealkylation sites (N-methyl/N-ethyl adjacent to an activating group) is 1. The molecule has 10 nitrogen and oxygen atoms in total. The van der Waals surface area contributed by atoms with Gasteiger partial charge >= 0.3 is 0 Å². The second kappa shape index (κ2) is 10.5. The van der Waals surface area contributed by atoms with Gasteiger partial charge in [0.15, 0.2) is 0 Å². The summed E-state index contributed by atoms with van der Waals surface area (Å²) < 4.78 is 9.49. The van der Waals surface area contributed by atoms with Crippen LogP contribution in [0.4, 0.5) is 5.69 Å². The lowest BCUT2D eigenvalue weighted by Crippen LogP contribution is -2.60. The van der Waals surface area contributed by atoms with Crippen LogP contribution in [0, 0.1) is 0 Å². The third-order valence-corrected chi connectivity index (χ3v) is 7.67. The first-order chi connectivity index (χ1) is 17.1. The average molecular weight is 516 g/mol. The fraction of sp³-hybridized carbons (Fsp3) is 0.520. The highest BCUT2D eigenvalue weighted by molar-refractivity contribution is 7.97. The zero-order valence-corrected chi connectivity index (χ0v) is 22.3. The van der Waals surface area contributed by atoms with Gasteiger partial charge in [-0.1, -0.05) is 6.58 Å². The van der Waals surface area contributed by atoms with E-state index in [0.717, 1.165) is 41.7 Å². The van der Waals surface area contributed by atoms with Gasteiger partial charge < -0.3 is 30.5 Å². The van der Waals surface area contributed by atoms with Crippen LogP contribution in [0.25, 0.3) is 5.70 Å². The number of nitrogens with two attached hydrogens (primary N) is 1. The third-order valence-electron chi connectivity index (χ3n) is 6.59. The van der Waals surface area contributed by atoms with E-state index in [-0.39, 0.29) is 17.2 Å². The standard InChI is InChI=1S/C25H37N7O3S/c1-17-21-12-20(36-29-24(2)8-9-24)6-7-22(21)31-19(16-35-11-10-30(4)5)15-28-23(31)32(17)25(33,34)18(13-26)14-27-3/h6-7,12-14,19,29,33-34H,1,8-11,15-16,26H2,2-5H3/b18-13+,27-14?. The molecule has 11 heteroatoms. The van der Waals surface area contributed by atoms with Gasteiger partial charge in [0.2, 0.25) is 5.96 Å². The number of aliphatic hydroxyl groups is 2. The first-order valence-corrected chi connectivity index (χ1v) is 12.9. The number of hydrogen-bond donors (Lipinski definition) is 4. The van der Waals surface area contributed by atoms with Crippen LogP contribution < -0.4 is 15.4 Å². The summed E-state index contributed by atoms with van der Waals surface area (Å²) in [4.78, 5) is 15.0. The maximum atomic E-state index is 11.3. The van der Waals surface area contributed by atoms with E-state index in [1.807, 2.05) is 31.1 Å². The Balaban J connectivity index is 1.69. The zero-order valence-electron chi connectivity index (χ0n) is 21.4. The smallest absolute Gasteiger partial charge is 0.284 e. The van der Waals surface area contributed by atoms with E-state index in [4.69, 9.17) is 15.5 Å². The number of hydrogen-bond acceptors (Lipinski definition) is 11. The molecule has 36 heavy (non-hydrogen) atoms. The number of fused-ring (bicyclic) bond motifs is 3. The zero-order chi connectivity index (χ0) is 26.1. The molecule has 0 aromatic heterocycles. The van der Waals surface area contributed by atoms with E-state index < -0.39 is 5.91 Å². The maximum absolute atomic E-state index is 11.3. The number of nitrogens with zero attached hydrogens (tertiary/aromatic N) is 5. The molecule has 0 spiro atoms. The summed E-state index contributed by atoms with van der Waals surface area (Å²) in [6.07, 6.45) is 4.75. The van der Waals surface area contributed by atoms with Crippen molar-refractivity contribution in [3.8, 4) is 0 Å². The predicted molar refractivity (Wildman–Crippen MR) is 146 cm³/mol. The van der Waals surface area contributed by atoms with Crippen LogP contribution in [-0.2, 0) is 4.74 Å². The van der Waals surface area contributed by atoms with Crippen molar-refractivity contribution < 1.29 is 14.9 Å². The predicted octanol–water partition coefficient (Wildman–Crippen LogP) is 1.43. The number of benzene rings is 1. The van der Waals surface area contributed by atoms with Crippen molar-refractivity contribution in [1.82, 2.24) is 14.5 Å². The van der Waals surface area contributed by atoms with Crippen molar-refractivity contribution >= 4 is 35.5 Å². The first kappa shape index (κ1) is 26.6. The highest BCUT2D eigenvalue weighted by Gasteiger charge is 2.49. The Morgan fingerprint density at radius 1 is 1.44 bits per heavy atom. The summed E-state index contributed by atoms with van der Waals surface area (Å²) in [6.45, 7) is 8.73. The van der Waals surface area contributed by atoms with E-state index in [0.29, 0.717) is 31.4 Å². The van der Waals surface area contributed by atoms with Crippen LogP contribution in [-0.4, -0.2) is 97.1 Å². The molecule has 1 fully saturated rings. The van der Waals surface area contributed by atoms with Gasteiger partial charge in [-0.25, -0.2) is 4.99 Å². The Kier molecular flexibility index (Phi) is 7.79. The lowest BCUT2D eigenvalue weighted by Gasteiger charge is -2.46. The van der Waals surface area contributed by atoms with Crippen molar-refractivity contribution in [2.75, 3.05) is 52.3 Å². The van der Waals surface area contributed by atoms with Crippen LogP contribution in [0.5, 0.6) is 0 Å². The third kappa shape index (κ3) is 5.31. The minimum absolute atomic E-state index is 0.0109. The van der Waals surface area contributed by atoms with E-state index in [1.165, 1.54) is 18.2 Å². The van der Waals surface area contributed by atoms with Crippen LogP contribution in [0.2, 0.25) is 0 Å². The molecule has 0 bridgehead atoms. The minimum Gasteiger partial charge on any atom is -0.404 e. The Morgan fingerprint density at radius 2 is 2.19 bits per heavy atom. The maximum Gasteiger partial charge on any atom is 0.284 e. The van der Waals surface area contributed by atoms with E-state index in [1.54, 1.807) is 11.9 Å². The molecular weight excluding hydrogens is 478 g/mol. The summed E-state index contributed by atoms with van der Waals surface area (Å²) in [7, 11) is 5.54. The molecule has 0 amide bonds. The largest absolute Gasteiger partial charge is 0.404 e. The molecule has 4 rings (SSSR count). The van der Waals surface area contributed by atoms with Crippen molar-refractivity contribution in [1.29, 1.82) is 0 Å². The fourth-order valence-corrected chi connectivity index (χ4v) is 5.04. The molecular formula is C25H37N7O3S. The number of anilines is 1. The van der Waals surface area contributed by atoms with Gasteiger partial charge in [0.05, 0.1) is 42.8 Å². The SMILES string of the molecule is C=C1c2cc(SNC3(C)CC3)ccc2N2C(=NCC2COCCN(C)C)N1C(O)(O)/C(C=NC)=C/N. The van der Waals surface area contributed by atoms with Crippen LogP contribution in [0.3, 0.4) is 0 Å². The van der Waals surface area contributed by atoms with Crippen LogP contribution in [0.1, 0.15) is 25.3 Å². The number of guanidine groups is 1. The summed E-state index contributed by atoms with van der Waals surface area (Å²) >= 11 is 1.57. The molecule has 5 N–H and O–H groups in total. The first-order valence-electron chi connectivity index (χ1n) is 12.0. The second-order valence-electron chi connectivity index (χ2n) is 9.91. The summed E-state index contributed by atoms with van der Waals surface area (Å²) in [5.41, 5.74) is 8.01. The second-order valence-corrected chi connectivity index (χ2v) is 10.8. The molecule has 3 aliphatic rings. The van der Waals surface area contributed by atoms with Gasteiger partial charge in [-0.05, 0) is 64.0 Å². The molecule has 2 aliphatic heterocycles. The molecule has 1 unspecified atom stereocenters. The Bertz CT molecular complexity index is 1080. The highest BCUT2D eigenvalue weighted by atomic mass is 32.2. The van der Waals surface area contributed by atoms with Gasteiger partial charge in [-0.2, -0.15) is 0 Å². The van der Waals surface area contributed by atoms with Crippen LogP contribution in [0.15, 0.2) is 51.4 Å². The summed E-state index contributed by atoms with van der Waals surface area (Å²) in [6, 6.07) is 6.00. The lowest BCUT2D eigenvalue weighted by atomic mass is 10.0. The molecule has 1 aromatic carbocycles. The van der Waals surface area contributed by atoms with Gasteiger partial charge in [0.25, 0.3) is 5.91 Å². The number of ether oxygens (including phenoxy) is 1. The molecule has 196 valence electrons. The van der Waals surface area contributed by atoms with Crippen molar-refractivity contribution in [3.05, 3.63) is 42.1 Å². The number of nitrogens with one attached hydrogen (secondary N) is 1. The highest BCUT2D eigenvalue weighted by Crippen LogP contribution is 2.44. The van der Waals surface area contributed by atoms with E-state index >= 15 is 0 Å². The van der Waals surface area contributed by atoms with E-state index in [9.17, 15) is 10.2 Å². The molecule has 1 atom stereocenters. The molecule has 2 heterocycles. The van der Waals surface area contributed by atoms with E-state index in [2.05, 4.69) is 34.2 Å². The summed E-state index contributed by atoms with van der Waals surface area (Å²) in [5.74, 6) is -2.13. The van der Waals surface area contributed by atoms with Gasteiger partial charge in [-0.3, -0.25) is 14.6 Å². The Morgan fingerprint density at radius 3 is 2.83 bits per heavy atom.